The van der Waals surface area contributed by atoms with E-state index in [0.29, 0.717) is 0 Å². The molecule has 0 aromatic heterocycles. The molecule has 0 fully saturated rings. The van der Waals surface area contributed by atoms with Crippen molar-refractivity contribution in [3.63, 3.8) is 0 Å². The molecule has 0 heterocycles. The number of hydrogen-bond donors (Lipinski definition) is 0. The van der Waals surface area contributed by atoms with Gasteiger partial charge in [0.15, 0.2) is 0 Å². The van der Waals surface area contributed by atoms with Crippen LogP contribution in [0.3, 0.4) is 0 Å². The van der Waals surface area contributed by atoms with Crippen LogP contribution in [0.4, 0.5) is 14.5 Å². The molecule has 0 aliphatic heterocycles. The highest BCUT2D eigenvalue weighted by Gasteiger charge is 2.27. The second kappa shape index (κ2) is 4.35. The van der Waals surface area contributed by atoms with Crippen molar-refractivity contribution in [1.29, 1.82) is 0 Å². The molecule has 0 bridgehead atoms. The zero-order chi connectivity index (χ0) is 10.9. The number of benzene rings is 1. The molecule has 1 aromatic rings. The third-order valence-electron chi connectivity index (χ3n) is 1.52. The van der Waals surface area contributed by atoms with E-state index in [9.17, 15) is 18.9 Å². The van der Waals surface area contributed by atoms with Gasteiger partial charge in [-0.05, 0) is 34.7 Å². The Bertz CT molecular complexity index is 386. The van der Waals surface area contributed by atoms with Gasteiger partial charge in [-0.25, -0.2) is 8.78 Å². The number of nitrogens with zero attached hydrogens (tertiary/aromatic N) is 1. The van der Waals surface area contributed by atoms with Crippen LogP contribution in [0.25, 0.3) is 0 Å². The molecule has 14 heavy (non-hydrogen) atoms. The van der Waals surface area contributed by atoms with Crippen LogP contribution in [0.2, 0.25) is 5.02 Å². The average molecular weight is 333 g/mol. The van der Waals surface area contributed by atoms with Gasteiger partial charge in [0.2, 0.25) is 0 Å². The van der Waals surface area contributed by atoms with Crippen LogP contribution in [-0.2, 0) is 0 Å². The van der Waals surface area contributed by atoms with Gasteiger partial charge in [0.25, 0.3) is 12.1 Å². The highest BCUT2D eigenvalue weighted by molar-refractivity contribution is 14.1. The summed E-state index contributed by atoms with van der Waals surface area (Å²) >= 11 is 7.07. The van der Waals surface area contributed by atoms with Crippen LogP contribution in [0.1, 0.15) is 12.0 Å². The Kier molecular flexibility index (Phi) is 3.59. The zero-order valence-corrected chi connectivity index (χ0v) is 9.42. The summed E-state index contributed by atoms with van der Waals surface area (Å²) < 4.78 is 25.1. The Morgan fingerprint density at radius 2 is 2.07 bits per heavy atom. The number of nitro groups is 1. The topological polar surface area (TPSA) is 43.1 Å². The molecule has 0 atom stereocenters. The van der Waals surface area contributed by atoms with Crippen molar-refractivity contribution < 1.29 is 13.7 Å². The highest BCUT2D eigenvalue weighted by Crippen LogP contribution is 2.37. The summed E-state index contributed by atoms with van der Waals surface area (Å²) in [6.45, 7) is 0. The summed E-state index contributed by atoms with van der Waals surface area (Å²) in [5.74, 6) is 0. The molecule has 0 spiro atoms. The first kappa shape index (κ1) is 11.6. The number of nitro benzene ring substituents is 1. The highest BCUT2D eigenvalue weighted by atomic mass is 127. The molecule has 0 saturated heterocycles. The van der Waals surface area contributed by atoms with E-state index < -0.39 is 22.6 Å². The molecular weight excluding hydrogens is 330 g/mol. The molecule has 1 aromatic carbocycles. The average Bonchev–Trinajstić information content (AvgIpc) is 2.07. The number of rotatable bonds is 2. The standard InChI is InChI=1S/C7H3ClF2INO2/c8-3-1-2-4(11)5(7(9)10)6(3)12(13)14/h1-2,7H. The van der Waals surface area contributed by atoms with Crippen molar-refractivity contribution in [2.45, 2.75) is 6.43 Å². The lowest BCUT2D eigenvalue weighted by Crippen LogP contribution is -1.99. The van der Waals surface area contributed by atoms with Crippen molar-refractivity contribution in [3.8, 4) is 0 Å². The van der Waals surface area contributed by atoms with Crippen molar-refractivity contribution in [2.75, 3.05) is 0 Å². The molecule has 1 rings (SSSR count). The fourth-order valence-corrected chi connectivity index (χ4v) is 1.85. The third kappa shape index (κ3) is 2.11. The quantitative estimate of drug-likeness (QED) is 0.469. The van der Waals surface area contributed by atoms with Crippen LogP contribution in [-0.4, -0.2) is 4.92 Å². The minimum Gasteiger partial charge on any atom is -0.258 e. The Hall–Kier alpha value is -0.500. The lowest BCUT2D eigenvalue weighted by atomic mass is 10.2. The predicted octanol–water partition coefficient (Wildman–Crippen LogP) is 3.79. The van der Waals surface area contributed by atoms with Gasteiger partial charge in [-0.3, -0.25) is 10.1 Å². The molecule has 0 amide bonds. The summed E-state index contributed by atoms with van der Waals surface area (Å²) in [6.07, 6.45) is -2.90. The summed E-state index contributed by atoms with van der Waals surface area (Å²) in [7, 11) is 0. The van der Waals surface area contributed by atoms with Crippen LogP contribution in [0.15, 0.2) is 12.1 Å². The Morgan fingerprint density at radius 3 is 2.43 bits per heavy atom. The lowest BCUT2D eigenvalue weighted by Gasteiger charge is -2.05. The van der Waals surface area contributed by atoms with Gasteiger partial charge < -0.3 is 0 Å². The Morgan fingerprint density at radius 1 is 1.50 bits per heavy atom. The first-order valence-electron chi connectivity index (χ1n) is 3.35. The summed E-state index contributed by atoms with van der Waals surface area (Å²) in [5, 5.41) is 10.2. The van der Waals surface area contributed by atoms with Crippen LogP contribution in [0.5, 0.6) is 0 Å². The molecule has 7 heteroatoms. The second-order valence-electron chi connectivity index (χ2n) is 2.35. The van der Waals surface area contributed by atoms with E-state index in [2.05, 4.69) is 0 Å². The van der Waals surface area contributed by atoms with E-state index in [-0.39, 0.29) is 8.59 Å². The molecule has 0 unspecified atom stereocenters. The van der Waals surface area contributed by atoms with E-state index in [4.69, 9.17) is 11.6 Å². The van der Waals surface area contributed by atoms with E-state index in [1.165, 1.54) is 12.1 Å². The molecule has 76 valence electrons. The monoisotopic (exact) mass is 333 g/mol. The molecule has 0 saturated carbocycles. The van der Waals surface area contributed by atoms with Crippen molar-refractivity contribution >= 4 is 39.9 Å². The Labute approximate surface area is 96.3 Å². The summed E-state index contributed by atoms with van der Waals surface area (Å²) in [5.41, 5.74) is -1.34. The number of halogens is 4. The normalized spacial score (nSPS) is 10.6. The molecule has 0 aliphatic rings. The number of alkyl halides is 2. The maximum absolute atomic E-state index is 12.5. The van der Waals surface area contributed by atoms with E-state index >= 15 is 0 Å². The smallest absolute Gasteiger partial charge is 0.258 e. The molecule has 0 aliphatic carbocycles. The van der Waals surface area contributed by atoms with Gasteiger partial charge in [-0.15, -0.1) is 0 Å². The summed E-state index contributed by atoms with van der Waals surface area (Å²) in [4.78, 5) is 9.59. The Balaban J connectivity index is 3.50. The maximum Gasteiger partial charge on any atom is 0.297 e. The zero-order valence-electron chi connectivity index (χ0n) is 6.51. The fourth-order valence-electron chi connectivity index (χ4n) is 0.950. The number of hydrogen-bond acceptors (Lipinski definition) is 2. The van der Waals surface area contributed by atoms with Crippen LogP contribution < -0.4 is 0 Å². The van der Waals surface area contributed by atoms with E-state index in [1.54, 1.807) is 22.6 Å². The molecular formula is C7H3ClF2INO2. The fraction of sp³-hybridized carbons (Fsp3) is 0.143. The molecule has 0 N–H and O–H groups in total. The minimum atomic E-state index is -2.90. The summed E-state index contributed by atoms with van der Waals surface area (Å²) in [6, 6.07) is 2.55. The lowest BCUT2D eigenvalue weighted by molar-refractivity contribution is -0.386. The maximum atomic E-state index is 12.5. The largest absolute Gasteiger partial charge is 0.297 e. The van der Waals surface area contributed by atoms with E-state index in [0.717, 1.165) is 0 Å². The van der Waals surface area contributed by atoms with Crippen LogP contribution in [0, 0.1) is 13.7 Å². The second-order valence-corrected chi connectivity index (χ2v) is 3.92. The SMILES string of the molecule is O=[N+]([O-])c1c(Cl)ccc(I)c1C(F)F. The molecule has 3 nitrogen and oxygen atoms in total. The van der Waals surface area contributed by atoms with Crippen molar-refractivity contribution in [2.24, 2.45) is 0 Å². The van der Waals surface area contributed by atoms with E-state index in [1.807, 2.05) is 0 Å². The van der Waals surface area contributed by atoms with Gasteiger partial charge >= 0.3 is 0 Å². The minimum absolute atomic E-state index is 0.133. The third-order valence-corrected chi connectivity index (χ3v) is 2.76. The van der Waals surface area contributed by atoms with Gasteiger partial charge in [0, 0.05) is 3.57 Å². The van der Waals surface area contributed by atoms with Crippen LogP contribution >= 0.6 is 34.2 Å². The van der Waals surface area contributed by atoms with Crippen molar-refractivity contribution in [3.05, 3.63) is 36.4 Å². The first-order chi connectivity index (χ1) is 6.45. The van der Waals surface area contributed by atoms with Gasteiger partial charge in [-0.1, -0.05) is 11.6 Å². The van der Waals surface area contributed by atoms with Gasteiger partial charge in [0.1, 0.15) is 10.6 Å². The van der Waals surface area contributed by atoms with Crippen molar-refractivity contribution in [1.82, 2.24) is 0 Å². The van der Waals surface area contributed by atoms with Gasteiger partial charge in [-0.2, -0.15) is 0 Å². The van der Waals surface area contributed by atoms with Gasteiger partial charge in [0.05, 0.1) is 4.92 Å². The molecule has 0 radical (unpaired) electrons. The first-order valence-corrected chi connectivity index (χ1v) is 4.81. The predicted molar refractivity (Wildman–Crippen MR) is 55.8 cm³/mol.